The van der Waals surface area contributed by atoms with E-state index in [-0.39, 0.29) is 10.8 Å². The van der Waals surface area contributed by atoms with Gasteiger partial charge < -0.3 is 9.63 Å². The van der Waals surface area contributed by atoms with Gasteiger partial charge in [0.2, 0.25) is 0 Å². The van der Waals surface area contributed by atoms with Crippen LogP contribution in [0.1, 0.15) is 0 Å². The molecule has 3 aromatic carbocycles. The first-order valence-corrected chi connectivity index (χ1v) is 6.88. The summed E-state index contributed by atoms with van der Waals surface area (Å²) in [6.07, 6.45) is 0. The van der Waals surface area contributed by atoms with Crippen LogP contribution in [0.2, 0.25) is 5.02 Å². The number of nitrogens with zero attached hydrogens (tertiary/aromatic N) is 1. The Balaban J connectivity index is 2.08. The first kappa shape index (κ1) is 12.2. The van der Waals surface area contributed by atoms with E-state index in [4.69, 9.17) is 16.1 Å². The third-order valence-corrected chi connectivity index (χ3v) is 3.97. The Morgan fingerprint density at radius 3 is 2.62 bits per heavy atom. The Kier molecular flexibility index (Phi) is 2.62. The molecule has 21 heavy (non-hydrogen) atoms. The summed E-state index contributed by atoms with van der Waals surface area (Å²) < 4.78 is 5.32. The molecule has 0 spiro atoms. The number of aromatic hydroxyl groups is 1. The summed E-state index contributed by atoms with van der Waals surface area (Å²) >= 11 is 6.06. The third kappa shape index (κ3) is 1.78. The number of phenolic OH excluding ortho intramolecular Hbond substituents is 1. The van der Waals surface area contributed by atoms with Crippen LogP contribution in [-0.4, -0.2) is 10.3 Å². The standard InChI is InChI=1S/C17H10ClNO2/c18-15-14(20)9-8-13-16(19-21-17(13)15)12-7-3-5-10-4-1-2-6-11(10)12/h1-9,20H. The number of benzene rings is 3. The quantitative estimate of drug-likeness (QED) is 0.537. The lowest BCUT2D eigenvalue weighted by Gasteiger charge is -2.03. The predicted octanol–water partition coefficient (Wildman–Crippen LogP) is 5.01. The van der Waals surface area contributed by atoms with Crippen molar-refractivity contribution in [1.82, 2.24) is 5.16 Å². The van der Waals surface area contributed by atoms with E-state index in [2.05, 4.69) is 17.3 Å². The van der Waals surface area contributed by atoms with Crippen LogP contribution in [0.25, 0.3) is 33.0 Å². The lowest BCUT2D eigenvalue weighted by atomic mass is 10.0. The van der Waals surface area contributed by atoms with Crippen molar-refractivity contribution in [1.29, 1.82) is 0 Å². The van der Waals surface area contributed by atoms with Gasteiger partial charge in [-0.1, -0.05) is 59.2 Å². The van der Waals surface area contributed by atoms with Crippen molar-refractivity contribution in [2.75, 3.05) is 0 Å². The lowest BCUT2D eigenvalue weighted by Crippen LogP contribution is -1.82. The predicted molar refractivity (Wildman–Crippen MR) is 83.6 cm³/mol. The van der Waals surface area contributed by atoms with Gasteiger partial charge in [0.05, 0.1) is 5.39 Å². The largest absolute Gasteiger partial charge is 0.506 e. The minimum absolute atomic E-state index is 0.00946. The Bertz CT molecular complexity index is 970. The molecule has 0 fully saturated rings. The molecule has 4 rings (SSSR count). The zero-order chi connectivity index (χ0) is 14.4. The van der Waals surface area contributed by atoms with Gasteiger partial charge >= 0.3 is 0 Å². The van der Waals surface area contributed by atoms with Crippen molar-refractivity contribution < 1.29 is 9.63 Å². The van der Waals surface area contributed by atoms with Crippen LogP contribution in [0.5, 0.6) is 5.75 Å². The first-order valence-electron chi connectivity index (χ1n) is 6.50. The first-order chi connectivity index (χ1) is 10.3. The zero-order valence-electron chi connectivity index (χ0n) is 10.9. The fraction of sp³-hybridized carbons (Fsp3) is 0. The van der Waals surface area contributed by atoms with Crippen LogP contribution in [0.4, 0.5) is 0 Å². The molecular formula is C17H10ClNO2. The van der Waals surface area contributed by atoms with Crippen molar-refractivity contribution in [2.45, 2.75) is 0 Å². The van der Waals surface area contributed by atoms with Crippen LogP contribution >= 0.6 is 11.6 Å². The van der Waals surface area contributed by atoms with Gasteiger partial charge in [-0.05, 0) is 22.9 Å². The number of aromatic nitrogens is 1. The van der Waals surface area contributed by atoms with Crippen LogP contribution < -0.4 is 0 Å². The monoisotopic (exact) mass is 295 g/mol. The van der Waals surface area contributed by atoms with E-state index in [1.807, 2.05) is 30.3 Å². The zero-order valence-corrected chi connectivity index (χ0v) is 11.6. The number of rotatable bonds is 1. The third-order valence-electron chi connectivity index (χ3n) is 3.60. The SMILES string of the molecule is Oc1ccc2c(-c3cccc4ccccc34)noc2c1Cl. The summed E-state index contributed by atoms with van der Waals surface area (Å²) in [7, 11) is 0. The highest BCUT2D eigenvalue weighted by Crippen LogP contribution is 2.38. The highest BCUT2D eigenvalue weighted by atomic mass is 35.5. The minimum Gasteiger partial charge on any atom is -0.506 e. The molecule has 0 aliphatic rings. The highest BCUT2D eigenvalue weighted by molar-refractivity contribution is 6.36. The maximum absolute atomic E-state index is 9.65. The van der Waals surface area contributed by atoms with Crippen LogP contribution in [0.3, 0.4) is 0 Å². The average Bonchev–Trinajstić information content (AvgIpc) is 2.95. The van der Waals surface area contributed by atoms with Crippen molar-refractivity contribution in [3.8, 4) is 17.0 Å². The Labute approximate surface area is 125 Å². The van der Waals surface area contributed by atoms with Crippen molar-refractivity contribution in [3.05, 3.63) is 59.6 Å². The second-order valence-electron chi connectivity index (χ2n) is 4.83. The minimum atomic E-state index is -0.00946. The molecule has 0 aliphatic carbocycles. The molecule has 4 heteroatoms. The molecule has 0 saturated carbocycles. The van der Waals surface area contributed by atoms with Crippen molar-refractivity contribution >= 4 is 33.3 Å². The maximum Gasteiger partial charge on any atom is 0.189 e. The van der Waals surface area contributed by atoms with E-state index in [1.54, 1.807) is 12.1 Å². The highest BCUT2D eigenvalue weighted by Gasteiger charge is 2.16. The van der Waals surface area contributed by atoms with Crippen LogP contribution in [0, 0.1) is 0 Å². The van der Waals surface area contributed by atoms with E-state index in [9.17, 15) is 5.11 Å². The summed E-state index contributed by atoms with van der Waals surface area (Å²) in [5.41, 5.74) is 2.11. The molecular weight excluding hydrogens is 286 g/mol. The summed E-state index contributed by atoms with van der Waals surface area (Å²) in [4.78, 5) is 0. The van der Waals surface area contributed by atoms with Crippen molar-refractivity contribution in [3.63, 3.8) is 0 Å². The van der Waals surface area contributed by atoms with Gasteiger partial charge in [-0.2, -0.15) is 0 Å². The van der Waals surface area contributed by atoms with Gasteiger partial charge in [-0.3, -0.25) is 0 Å². The molecule has 0 aliphatic heterocycles. The molecule has 0 bridgehead atoms. The Hall–Kier alpha value is -2.52. The number of phenols is 1. The molecule has 0 unspecified atom stereocenters. The fourth-order valence-corrected chi connectivity index (χ4v) is 2.79. The van der Waals surface area contributed by atoms with E-state index in [0.717, 1.165) is 27.4 Å². The summed E-state index contributed by atoms with van der Waals surface area (Å²) in [6.45, 7) is 0. The molecule has 4 aromatic rings. The van der Waals surface area contributed by atoms with Gasteiger partial charge in [0.15, 0.2) is 5.58 Å². The molecule has 0 atom stereocenters. The number of fused-ring (bicyclic) bond motifs is 2. The smallest absolute Gasteiger partial charge is 0.189 e. The van der Waals surface area contributed by atoms with Gasteiger partial charge in [-0.15, -0.1) is 0 Å². The molecule has 102 valence electrons. The summed E-state index contributed by atoms with van der Waals surface area (Å²) in [5.74, 6) is -0.00946. The average molecular weight is 296 g/mol. The normalized spacial score (nSPS) is 11.3. The van der Waals surface area contributed by atoms with E-state index in [1.165, 1.54) is 0 Å². The molecule has 0 saturated heterocycles. The van der Waals surface area contributed by atoms with E-state index in [0.29, 0.717) is 5.58 Å². The molecule has 1 heterocycles. The Morgan fingerprint density at radius 1 is 0.905 bits per heavy atom. The second-order valence-corrected chi connectivity index (χ2v) is 5.21. The maximum atomic E-state index is 9.65. The molecule has 1 aromatic heterocycles. The fourth-order valence-electron chi connectivity index (χ4n) is 2.59. The van der Waals surface area contributed by atoms with Crippen molar-refractivity contribution in [2.24, 2.45) is 0 Å². The van der Waals surface area contributed by atoms with E-state index < -0.39 is 0 Å². The van der Waals surface area contributed by atoms with Crippen LogP contribution in [-0.2, 0) is 0 Å². The Morgan fingerprint density at radius 2 is 1.71 bits per heavy atom. The van der Waals surface area contributed by atoms with Gasteiger partial charge in [0, 0.05) is 5.56 Å². The molecule has 1 N–H and O–H groups in total. The number of hydrogen-bond acceptors (Lipinski definition) is 3. The van der Waals surface area contributed by atoms with Gasteiger partial charge in [0.1, 0.15) is 16.5 Å². The molecule has 0 amide bonds. The second kappa shape index (κ2) is 4.50. The van der Waals surface area contributed by atoms with E-state index >= 15 is 0 Å². The lowest BCUT2D eigenvalue weighted by molar-refractivity contribution is 0.451. The molecule has 0 radical (unpaired) electrons. The summed E-state index contributed by atoms with van der Waals surface area (Å²) in [5, 5.41) is 17.0. The summed E-state index contributed by atoms with van der Waals surface area (Å²) in [6, 6.07) is 17.5. The van der Waals surface area contributed by atoms with Gasteiger partial charge in [-0.25, -0.2) is 0 Å². The van der Waals surface area contributed by atoms with Crippen LogP contribution in [0.15, 0.2) is 59.1 Å². The number of hydrogen-bond donors (Lipinski definition) is 1. The number of halogens is 1. The van der Waals surface area contributed by atoms with Gasteiger partial charge in [0.25, 0.3) is 0 Å². The molecule has 3 nitrogen and oxygen atoms in total. The topological polar surface area (TPSA) is 46.3 Å².